The van der Waals surface area contributed by atoms with Gasteiger partial charge in [-0.25, -0.2) is 4.79 Å². The van der Waals surface area contributed by atoms with Crippen LogP contribution in [0.1, 0.15) is 29.5 Å². The van der Waals surface area contributed by atoms with Gasteiger partial charge in [0.1, 0.15) is 0 Å². The van der Waals surface area contributed by atoms with Gasteiger partial charge in [-0.1, -0.05) is 40.2 Å². The smallest absolute Gasteiger partial charge is 0.416 e. The molecule has 1 fully saturated rings. The third-order valence-corrected chi connectivity index (χ3v) is 5.12. The van der Waals surface area contributed by atoms with Crippen LogP contribution in [0.5, 0.6) is 0 Å². The Morgan fingerprint density at radius 1 is 1.11 bits per heavy atom. The largest absolute Gasteiger partial charge is 0.478 e. The Morgan fingerprint density at radius 3 is 2.21 bits per heavy atom. The predicted molar refractivity (Wildman–Crippen MR) is 105 cm³/mol. The second-order valence-electron chi connectivity index (χ2n) is 6.86. The van der Waals surface area contributed by atoms with E-state index < -0.39 is 17.7 Å². The van der Waals surface area contributed by atoms with Gasteiger partial charge >= 0.3 is 12.1 Å². The van der Waals surface area contributed by atoms with Crippen molar-refractivity contribution >= 4 is 28.0 Å². The molecule has 0 spiro atoms. The van der Waals surface area contributed by atoms with Crippen LogP contribution >= 0.6 is 15.9 Å². The van der Waals surface area contributed by atoms with Crippen molar-refractivity contribution in [2.45, 2.75) is 31.6 Å². The third kappa shape index (κ3) is 5.69. The summed E-state index contributed by atoms with van der Waals surface area (Å²) < 4.78 is 39.0. The molecule has 1 N–H and O–H groups in total. The molecule has 0 radical (unpaired) electrons. The summed E-state index contributed by atoms with van der Waals surface area (Å²) in [5, 5.41) is 9.59. The molecule has 1 aliphatic carbocycles. The SMILES string of the molecule is O=C(O)/C(=C/c1ccc(C(F)(F)F)cc1)CN(Cc1ccc(Br)cc1)C1CC1. The molecule has 28 heavy (non-hydrogen) atoms. The molecule has 0 aliphatic heterocycles. The van der Waals surface area contributed by atoms with Gasteiger partial charge < -0.3 is 5.11 Å². The van der Waals surface area contributed by atoms with Gasteiger partial charge in [0.05, 0.1) is 11.1 Å². The van der Waals surface area contributed by atoms with Crippen molar-refractivity contribution in [1.29, 1.82) is 0 Å². The molecule has 0 saturated heterocycles. The van der Waals surface area contributed by atoms with Gasteiger partial charge in [-0.3, -0.25) is 4.90 Å². The van der Waals surface area contributed by atoms with E-state index in [2.05, 4.69) is 20.8 Å². The van der Waals surface area contributed by atoms with E-state index in [4.69, 9.17) is 0 Å². The van der Waals surface area contributed by atoms with Crippen molar-refractivity contribution in [3.8, 4) is 0 Å². The van der Waals surface area contributed by atoms with Gasteiger partial charge in [0, 0.05) is 23.6 Å². The highest BCUT2D eigenvalue weighted by Crippen LogP contribution is 2.31. The van der Waals surface area contributed by atoms with Gasteiger partial charge in [-0.15, -0.1) is 0 Å². The van der Waals surface area contributed by atoms with Crippen molar-refractivity contribution in [1.82, 2.24) is 4.90 Å². The van der Waals surface area contributed by atoms with E-state index in [1.54, 1.807) is 0 Å². The maximum absolute atomic E-state index is 12.7. The first-order valence-electron chi connectivity index (χ1n) is 8.82. The lowest BCUT2D eigenvalue weighted by atomic mass is 10.1. The van der Waals surface area contributed by atoms with E-state index in [0.717, 1.165) is 35.0 Å². The lowest BCUT2D eigenvalue weighted by molar-refractivity contribution is -0.137. The van der Waals surface area contributed by atoms with Crippen LogP contribution in [0.4, 0.5) is 13.2 Å². The highest BCUT2D eigenvalue weighted by molar-refractivity contribution is 9.10. The average Bonchev–Trinajstić information content (AvgIpc) is 3.47. The number of hydrogen-bond donors (Lipinski definition) is 1. The number of carboxylic acid groups (broad SMARTS) is 1. The zero-order valence-corrected chi connectivity index (χ0v) is 16.5. The van der Waals surface area contributed by atoms with Gasteiger partial charge in [0.25, 0.3) is 0 Å². The summed E-state index contributed by atoms with van der Waals surface area (Å²) in [7, 11) is 0. The van der Waals surface area contributed by atoms with Crippen LogP contribution in [0.15, 0.2) is 58.6 Å². The monoisotopic (exact) mass is 453 g/mol. The number of rotatable bonds is 7. The van der Waals surface area contributed by atoms with Crippen LogP contribution in [0, 0.1) is 0 Å². The van der Waals surface area contributed by atoms with Crippen LogP contribution in [0.2, 0.25) is 0 Å². The second-order valence-corrected chi connectivity index (χ2v) is 7.77. The Morgan fingerprint density at radius 2 is 1.71 bits per heavy atom. The average molecular weight is 454 g/mol. The molecule has 3 nitrogen and oxygen atoms in total. The minimum atomic E-state index is -4.41. The van der Waals surface area contributed by atoms with Crippen molar-refractivity contribution in [2.24, 2.45) is 0 Å². The quantitative estimate of drug-likeness (QED) is 0.554. The first-order chi connectivity index (χ1) is 13.2. The number of hydrogen-bond acceptors (Lipinski definition) is 2. The van der Waals surface area contributed by atoms with Gasteiger partial charge in [-0.05, 0) is 54.3 Å². The third-order valence-electron chi connectivity index (χ3n) is 4.59. The summed E-state index contributed by atoms with van der Waals surface area (Å²) in [4.78, 5) is 13.8. The molecule has 1 saturated carbocycles. The summed E-state index contributed by atoms with van der Waals surface area (Å²) in [5.41, 5.74) is 0.916. The minimum absolute atomic E-state index is 0.156. The molecule has 1 aliphatic rings. The Kier molecular flexibility index (Phi) is 6.25. The van der Waals surface area contributed by atoms with Gasteiger partial charge in [0.2, 0.25) is 0 Å². The number of carbonyl (C=O) groups is 1. The first-order valence-corrected chi connectivity index (χ1v) is 9.61. The van der Waals surface area contributed by atoms with E-state index in [9.17, 15) is 23.1 Å². The summed E-state index contributed by atoms with van der Waals surface area (Å²) in [6, 6.07) is 12.7. The van der Waals surface area contributed by atoms with Crippen molar-refractivity contribution in [2.75, 3.05) is 6.54 Å². The van der Waals surface area contributed by atoms with Crippen LogP contribution in [0.3, 0.4) is 0 Å². The number of aliphatic carboxylic acids is 1. The molecule has 3 rings (SSSR count). The van der Waals surface area contributed by atoms with Gasteiger partial charge in [-0.2, -0.15) is 13.2 Å². The molecular formula is C21H19BrF3NO2. The highest BCUT2D eigenvalue weighted by Gasteiger charge is 2.31. The van der Waals surface area contributed by atoms with Crippen molar-refractivity contribution in [3.63, 3.8) is 0 Å². The van der Waals surface area contributed by atoms with E-state index in [1.165, 1.54) is 18.2 Å². The number of benzene rings is 2. The van der Waals surface area contributed by atoms with E-state index in [-0.39, 0.29) is 12.1 Å². The maximum atomic E-state index is 12.7. The summed E-state index contributed by atoms with van der Waals surface area (Å²) >= 11 is 3.40. The van der Waals surface area contributed by atoms with E-state index >= 15 is 0 Å². The number of alkyl halides is 3. The molecular weight excluding hydrogens is 435 g/mol. The zero-order chi connectivity index (χ0) is 20.3. The van der Waals surface area contributed by atoms with Crippen LogP contribution in [-0.2, 0) is 17.5 Å². The number of halogens is 4. The van der Waals surface area contributed by atoms with E-state index in [0.29, 0.717) is 18.2 Å². The molecule has 7 heteroatoms. The summed E-state index contributed by atoms with van der Waals surface area (Å²) in [5.74, 6) is -1.07. The zero-order valence-electron chi connectivity index (χ0n) is 14.9. The molecule has 2 aromatic carbocycles. The van der Waals surface area contributed by atoms with Crippen molar-refractivity contribution < 1.29 is 23.1 Å². The number of nitrogens with zero attached hydrogens (tertiary/aromatic N) is 1. The fourth-order valence-corrected chi connectivity index (χ4v) is 3.21. The molecule has 0 heterocycles. The minimum Gasteiger partial charge on any atom is -0.478 e. The van der Waals surface area contributed by atoms with E-state index in [1.807, 2.05) is 24.3 Å². The molecule has 148 valence electrons. The Hall–Kier alpha value is -2.12. The molecule has 0 atom stereocenters. The first kappa shape index (κ1) is 20.6. The number of carboxylic acids is 1. The maximum Gasteiger partial charge on any atom is 0.416 e. The van der Waals surface area contributed by atoms with Gasteiger partial charge in [0.15, 0.2) is 0 Å². The van der Waals surface area contributed by atoms with Crippen LogP contribution < -0.4 is 0 Å². The molecule has 0 unspecified atom stereocenters. The normalized spacial score (nSPS) is 15.1. The predicted octanol–water partition coefficient (Wildman–Crippen LogP) is 5.60. The molecule has 2 aromatic rings. The lowest BCUT2D eigenvalue weighted by Gasteiger charge is -2.22. The van der Waals surface area contributed by atoms with Crippen LogP contribution in [0.25, 0.3) is 6.08 Å². The topological polar surface area (TPSA) is 40.5 Å². The second kappa shape index (κ2) is 8.49. The summed E-state index contributed by atoms with van der Waals surface area (Å²) in [6.07, 6.45) is -0.932. The Bertz CT molecular complexity index is 857. The highest BCUT2D eigenvalue weighted by atomic mass is 79.9. The fourth-order valence-electron chi connectivity index (χ4n) is 2.94. The fraction of sp³-hybridized carbons (Fsp3) is 0.286. The molecule has 0 bridgehead atoms. The Balaban J connectivity index is 1.77. The lowest BCUT2D eigenvalue weighted by Crippen LogP contribution is -2.29. The molecule has 0 amide bonds. The van der Waals surface area contributed by atoms with Crippen LogP contribution in [-0.4, -0.2) is 28.6 Å². The van der Waals surface area contributed by atoms with Crippen molar-refractivity contribution in [3.05, 3.63) is 75.3 Å². The Labute approximate surface area is 169 Å². The molecule has 0 aromatic heterocycles. The standard InChI is InChI=1S/C21H19BrF3NO2/c22-18-7-3-15(4-8-18)12-26(19-9-10-19)13-16(20(27)28)11-14-1-5-17(6-2-14)21(23,24)25/h1-8,11,19H,9-10,12-13H2,(H,27,28)/b16-11+. The summed E-state index contributed by atoms with van der Waals surface area (Å²) in [6.45, 7) is 0.854.